The molecule has 0 atom stereocenters. The predicted octanol–water partition coefficient (Wildman–Crippen LogP) is 2.82. The van der Waals surface area contributed by atoms with E-state index in [9.17, 15) is 14.0 Å². The molecule has 1 amide bonds. The average molecular weight is 408 g/mol. The third-order valence-corrected chi connectivity index (χ3v) is 5.74. The molecule has 7 heteroatoms. The summed E-state index contributed by atoms with van der Waals surface area (Å²) in [5.74, 6) is -0.800. The van der Waals surface area contributed by atoms with Gasteiger partial charge >= 0.3 is 0 Å². The number of amides is 1. The summed E-state index contributed by atoms with van der Waals surface area (Å²) in [6.07, 6.45) is 0.388. The molecule has 1 aliphatic rings. The molecule has 1 saturated heterocycles. The summed E-state index contributed by atoms with van der Waals surface area (Å²) in [6.45, 7) is 7.03. The number of carbonyl (C=O) groups is 1. The Kier molecular flexibility index (Phi) is 5.63. The number of aromatic amines is 1. The zero-order chi connectivity index (χ0) is 21.3. The van der Waals surface area contributed by atoms with E-state index in [-0.39, 0.29) is 17.0 Å². The maximum absolute atomic E-state index is 14.5. The Morgan fingerprint density at radius 3 is 2.50 bits per heavy atom. The minimum Gasteiger partial charge on any atom is -0.336 e. The Balaban J connectivity index is 1.58. The van der Waals surface area contributed by atoms with Crippen LogP contribution >= 0.6 is 0 Å². The molecule has 3 aromatic rings. The van der Waals surface area contributed by atoms with E-state index >= 15 is 0 Å². The number of benzene rings is 2. The maximum Gasteiger partial charge on any atom is 0.272 e. The second-order valence-corrected chi connectivity index (χ2v) is 7.96. The molecule has 1 aromatic heterocycles. The lowest BCUT2D eigenvalue weighted by Gasteiger charge is -2.37. The highest BCUT2D eigenvalue weighted by Crippen LogP contribution is 2.20. The van der Waals surface area contributed by atoms with Crippen LogP contribution in [-0.4, -0.2) is 58.1 Å². The van der Waals surface area contributed by atoms with Gasteiger partial charge in [0.2, 0.25) is 0 Å². The van der Waals surface area contributed by atoms with Gasteiger partial charge in [-0.2, -0.15) is 5.10 Å². The molecule has 4 rings (SSSR count). The van der Waals surface area contributed by atoms with Crippen molar-refractivity contribution < 1.29 is 9.18 Å². The van der Waals surface area contributed by atoms with Gasteiger partial charge in [-0.1, -0.05) is 24.3 Å². The van der Waals surface area contributed by atoms with Gasteiger partial charge in [-0.05, 0) is 37.6 Å². The fraction of sp³-hybridized carbons (Fsp3) is 0.348. The molecule has 2 aromatic carbocycles. The van der Waals surface area contributed by atoms with Crippen LogP contribution in [0, 0.1) is 5.82 Å². The second-order valence-electron chi connectivity index (χ2n) is 7.96. The van der Waals surface area contributed by atoms with E-state index in [4.69, 9.17) is 0 Å². The molecule has 0 spiro atoms. The highest BCUT2D eigenvalue weighted by atomic mass is 19.1. The summed E-state index contributed by atoms with van der Waals surface area (Å²) in [4.78, 5) is 29.0. The highest BCUT2D eigenvalue weighted by molar-refractivity contribution is 5.95. The summed E-state index contributed by atoms with van der Waals surface area (Å²) in [5, 5.41) is 8.01. The number of nitrogens with zero attached hydrogens (tertiary/aromatic N) is 3. The van der Waals surface area contributed by atoms with Crippen LogP contribution in [0.25, 0.3) is 10.8 Å². The molecule has 1 N–H and O–H groups in total. The molecule has 0 unspecified atom stereocenters. The molecular formula is C23H25FN4O2. The lowest BCUT2D eigenvalue weighted by atomic mass is 10.0. The molecule has 0 aliphatic carbocycles. The third kappa shape index (κ3) is 3.98. The fourth-order valence-electron chi connectivity index (χ4n) is 3.96. The number of halogens is 1. The van der Waals surface area contributed by atoms with Crippen molar-refractivity contribution in [1.29, 1.82) is 0 Å². The van der Waals surface area contributed by atoms with E-state index < -0.39 is 5.82 Å². The predicted molar refractivity (Wildman–Crippen MR) is 114 cm³/mol. The van der Waals surface area contributed by atoms with Gasteiger partial charge < -0.3 is 4.90 Å². The lowest BCUT2D eigenvalue weighted by Crippen LogP contribution is -2.50. The SMILES string of the molecule is CC(C)N1CCN(C(=O)c2cc(Cc3n[nH]c(=O)c4ccccc34)ccc2F)CC1. The van der Waals surface area contributed by atoms with E-state index in [1.54, 1.807) is 29.2 Å². The minimum atomic E-state index is -0.519. The first kappa shape index (κ1) is 20.2. The molecule has 156 valence electrons. The molecule has 30 heavy (non-hydrogen) atoms. The van der Waals surface area contributed by atoms with Crippen molar-refractivity contribution in [3.63, 3.8) is 0 Å². The Hall–Kier alpha value is -3.06. The Morgan fingerprint density at radius 2 is 1.80 bits per heavy atom. The zero-order valence-electron chi connectivity index (χ0n) is 17.2. The number of hydrogen-bond acceptors (Lipinski definition) is 4. The summed E-state index contributed by atoms with van der Waals surface area (Å²) in [7, 11) is 0. The van der Waals surface area contributed by atoms with Crippen molar-refractivity contribution in [2.75, 3.05) is 26.2 Å². The Morgan fingerprint density at radius 1 is 1.10 bits per heavy atom. The van der Waals surface area contributed by atoms with E-state index in [2.05, 4.69) is 28.9 Å². The number of nitrogens with one attached hydrogen (secondary N) is 1. The first-order valence-electron chi connectivity index (χ1n) is 10.2. The van der Waals surface area contributed by atoms with E-state index in [1.807, 2.05) is 12.1 Å². The summed E-state index contributed by atoms with van der Waals surface area (Å²) >= 11 is 0. The van der Waals surface area contributed by atoms with Crippen molar-refractivity contribution in [3.05, 3.63) is 75.5 Å². The summed E-state index contributed by atoms with van der Waals surface area (Å²) in [6, 6.07) is 12.3. The first-order valence-corrected chi connectivity index (χ1v) is 10.2. The van der Waals surface area contributed by atoms with Gasteiger partial charge in [0.25, 0.3) is 11.5 Å². The Labute approximate surface area is 174 Å². The molecule has 0 radical (unpaired) electrons. The van der Waals surface area contributed by atoms with Crippen LogP contribution < -0.4 is 5.56 Å². The molecule has 0 saturated carbocycles. The fourth-order valence-corrected chi connectivity index (χ4v) is 3.96. The number of carbonyl (C=O) groups excluding carboxylic acids is 1. The lowest BCUT2D eigenvalue weighted by molar-refractivity contribution is 0.0591. The molecule has 1 fully saturated rings. The normalized spacial score (nSPS) is 15.1. The van der Waals surface area contributed by atoms with Crippen LogP contribution in [0.2, 0.25) is 0 Å². The minimum absolute atomic E-state index is 0.0826. The van der Waals surface area contributed by atoms with Crippen LogP contribution in [0.4, 0.5) is 4.39 Å². The topological polar surface area (TPSA) is 69.3 Å². The number of rotatable bonds is 4. The monoisotopic (exact) mass is 408 g/mol. The number of fused-ring (bicyclic) bond motifs is 1. The highest BCUT2D eigenvalue weighted by Gasteiger charge is 2.25. The number of H-pyrrole nitrogens is 1. The second kappa shape index (κ2) is 8.36. The van der Waals surface area contributed by atoms with E-state index in [0.29, 0.717) is 36.6 Å². The number of piperazine rings is 1. The molecule has 0 bridgehead atoms. The largest absolute Gasteiger partial charge is 0.336 e. The summed E-state index contributed by atoms with van der Waals surface area (Å²) in [5.41, 5.74) is 1.29. The molecular weight excluding hydrogens is 383 g/mol. The van der Waals surface area contributed by atoms with Crippen LogP contribution in [0.1, 0.15) is 35.5 Å². The molecule has 2 heterocycles. The van der Waals surface area contributed by atoms with E-state index in [0.717, 1.165) is 24.0 Å². The maximum atomic E-state index is 14.5. The number of hydrogen-bond donors (Lipinski definition) is 1. The van der Waals surface area contributed by atoms with Crippen molar-refractivity contribution in [3.8, 4) is 0 Å². The van der Waals surface area contributed by atoms with Gasteiger partial charge in [0.1, 0.15) is 5.82 Å². The quantitative estimate of drug-likeness (QED) is 0.721. The molecule has 6 nitrogen and oxygen atoms in total. The van der Waals surface area contributed by atoms with Crippen LogP contribution in [0.3, 0.4) is 0 Å². The van der Waals surface area contributed by atoms with Crippen LogP contribution in [0.5, 0.6) is 0 Å². The van der Waals surface area contributed by atoms with Crippen molar-refractivity contribution >= 4 is 16.7 Å². The van der Waals surface area contributed by atoms with Crippen molar-refractivity contribution in [2.24, 2.45) is 0 Å². The van der Waals surface area contributed by atoms with Gasteiger partial charge in [-0.3, -0.25) is 14.5 Å². The first-order chi connectivity index (χ1) is 14.4. The average Bonchev–Trinajstić information content (AvgIpc) is 2.76. The number of aromatic nitrogens is 2. The zero-order valence-corrected chi connectivity index (χ0v) is 17.2. The van der Waals surface area contributed by atoms with Gasteiger partial charge in [-0.25, -0.2) is 9.49 Å². The van der Waals surface area contributed by atoms with Crippen molar-refractivity contribution in [1.82, 2.24) is 20.0 Å². The Bertz CT molecular complexity index is 1130. The van der Waals surface area contributed by atoms with Gasteiger partial charge in [0.15, 0.2) is 0 Å². The smallest absolute Gasteiger partial charge is 0.272 e. The van der Waals surface area contributed by atoms with Gasteiger partial charge in [0, 0.05) is 44.0 Å². The third-order valence-electron chi connectivity index (χ3n) is 5.74. The van der Waals surface area contributed by atoms with Crippen molar-refractivity contribution in [2.45, 2.75) is 26.3 Å². The summed E-state index contributed by atoms with van der Waals surface area (Å²) < 4.78 is 14.5. The van der Waals surface area contributed by atoms with Crippen LogP contribution in [0.15, 0.2) is 47.3 Å². The van der Waals surface area contributed by atoms with Crippen LogP contribution in [-0.2, 0) is 6.42 Å². The molecule has 1 aliphatic heterocycles. The standard InChI is InChI=1S/C23H25FN4O2/c1-15(2)27-9-11-28(12-10-27)23(30)19-13-16(7-8-20(19)24)14-21-17-5-3-4-6-18(17)22(29)26-25-21/h3-8,13,15H,9-12,14H2,1-2H3,(H,26,29). The van der Waals surface area contributed by atoms with Gasteiger partial charge in [-0.15, -0.1) is 0 Å². The van der Waals surface area contributed by atoms with Gasteiger partial charge in [0.05, 0.1) is 16.6 Å². The van der Waals surface area contributed by atoms with E-state index in [1.165, 1.54) is 6.07 Å².